The molecule has 2 nitrogen and oxygen atoms in total. The van der Waals surface area contributed by atoms with Crippen molar-refractivity contribution in [1.29, 1.82) is 0 Å². The molecule has 2 heterocycles. The minimum Gasteiger partial charge on any atom is -0.316 e. The van der Waals surface area contributed by atoms with Crippen molar-refractivity contribution in [1.82, 2.24) is 10.2 Å². The van der Waals surface area contributed by atoms with E-state index < -0.39 is 5.67 Å². The van der Waals surface area contributed by atoms with E-state index >= 15 is 0 Å². The Bertz CT molecular complexity index is 218. The van der Waals surface area contributed by atoms with Crippen LogP contribution in [0.25, 0.3) is 0 Å². The Labute approximate surface area is 105 Å². The Hall–Kier alpha value is -0.150. The highest BCUT2D eigenvalue weighted by Crippen LogP contribution is 2.28. The largest absolute Gasteiger partial charge is 0.316 e. The molecule has 2 aliphatic heterocycles. The first-order chi connectivity index (χ1) is 8.22. The van der Waals surface area contributed by atoms with E-state index in [1.165, 1.54) is 25.7 Å². The lowest BCUT2D eigenvalue weighted by molar-refractivity contribution is 0.0452. The van der Waals surface area contributed by atoms with Crippen LogP contribution in [0.5, 0.6) is 0 Å². The molecule has 0 unspecified atom stereocenters. The Kier molecular flexibility index (Phi) is 4.80. The Morgan fingerprint density at radius 3 is 2.47 bits per heavy atom. The number of nitrogens with zero attached hydrogens (tertiary/aromatic N) is 1. The topological polar surface area (TPSA) is 15.3 Å². The Morgan fingerprint density at radius 2 is 1.88 bits per heavy atom. The second kappa shape index (κ2) is 6.14. The monoisotopic (exact) mass is 242 g/mol. The first kappa shape index (κ1) is 13.3. The van der Waals surface area contributed by atoms with E-state index in [9.17, 15) is 4.39 Å². The molecule has 1 N–H and O–H groups in total. The van der Waals surface area contributed by atoms with Crippen LogP contribution in [0.2, 0.25) is 0 Å². The summed E-state index contributed by atoms with van der Waals surface area (Å²) in [5, 5.41) is 3.24. The van der Waals surface area contributed by atoms with Gasteiger partial charge in [-0.3, -0.25) is 0 Å². The molecule has 0 aromatic heterocycles. The molecule has 0 saturated carbocycles. The van der Waals surface area contributed by atoms with Crippen LogP contribution in [-0.4, -0.2) is 43.3 Å². The van der Waals surface area contributed by atoms with Gasteiger partial charge < -0.3 is 10.2 Å². The van der Waals surface area contributed by atoms with Gasteiger partial charge in [0, 0.05) is 6.54 Å². The van der Waals surface area contributed by atoms with Gasteiger partial charge in [0.2, 0.25) is 0 Å². The third kappa shape index (κ3) is 3.92. The molecule has 0 radical (unpaired) electrons. The highest BCUT2D eigenvalue weighted by molar-refractivity contribution is 4.89. The van der Waals surface area contributed by atoms with Crippen molar-refractivity contribution in [3.8, 4) is 0 Å². The predicted octanol–water partition coefficient (Wildman–Crippen LogP) is 2.59. The molecule has 0 amide bonds. The third-order valence-corrected chi connectivity index (χ3v) is 4.41. The van der Waals surface area contributed by atoms with E-state index in [2.05, 4.69) is 17.1 Å². The summed E-state index contributed by atoms with van der Waals surface area (Å²) in [6.07, 6.45) is 6.61. The van der Waals surface area contributed by atoms with E-state index in [1.807, 2.05) is 0 Å². The van der Waals surface area contributed by atoms with Gasteiger partial charge in [-0.15, -0.1) is 0 Å². The highest BCUT2D eigenvalue weighted by atomic mass is 19.1. The van der Waals surface area contributed by atoms with Crippen molar-refractivity contribution >= 4 is 0 Å². The first-order valence-electron chi connectivity index (χ1n) is 7.34. The van der Waals surface area contributed by atoms with E-state index in [0.717, 1.165) is 32.1 Å². The maximum absolute atomic E-state index is 14.5. The van der Waals surface area contributed by atoms with Gasteiger partial charge in [0.05, 0.1) is 0 Å². The van der Waals surface area contributed by atoms with E-state index in [-0.39, 0.29) is 0 Å². The van der Waals surface area contributed by atoms with Crippen molar-refractivity contribution < 1.29 is 4.39 Å². The molecule has 100 valence electrons. The fourth-order valence-electron chi connectivity index (χ4n) is 3.28. The van der Waals surface area contributed by atoms with E-state index in [1.54, 1.807) is 0 Å². The normalized spacial score (nSPS) is 27.2. The zero-order chi connectivity index (χ0) is 12.1. The molecule has 0 aromatic carbocycles. The zero-order valence-electron chi connectivity index (χ0n) is 11.2. The molecule has 2 rings (SSSR count). The average Bonchev–Trinajstić information content (AvgIpc) is 2.33. The van der Waals surface area contributed by atoms with Crippen LogP contribution in [0.15, 0.2) is 0 Å². The smallest absolute Gasteiger partial charge is 0.126 e. The number of hydrogen-bond donors (Lipinski definition) is 1. The predicted molar refractivity (Wildman–Crippen MR) is 70.0 cm³/mol. The van der Waals surface area contributed by atoms with Gasteiger partial charge in [0.15, 0.2) is 0 Å². The van der Waals surface area contributed by atoms with Gasteiger partial charge in [-0.05, 0) is 57.8 Å². The second-order valence-corrected chi connectivity index (χ2v) is 5.91. The lowest BCUT2D eigenvalue weighted by Crippen LogP contribution is -2.48. The minimum atomic E-state index is -0.914. The van der Waals surface area contributed by atoms with Crippen molar-refractivity contribution in [3.05, 3.63) is 0 Å². The summed E-state index contributed by atoms with van der Waals surface area (Å²) >= 11 is 0. The van der Waals surface area contributed by atoms with Gasteiger partial charge in [0.25, 0.3) is 0 Å². The molecule has 2 aliphatic rings. The summed E-state index contributed by atoms with van der Waals surface area (Å²) in [4.78, 5) is 2.36. The van der Waals surface area contributed by atoms with Crippen molar-refractivity contribution in [3.63, 3.8) is 0 Å². The molecule has 0 aliphatic carbocycles. The quantitative estimate of drug-likeness (QED) is 0.815. The summed E-state index contributed by atoms with van der Waals surface area (Å²) in [6.45, 7) is 6.87. The number of rotatable bonds is 4. The average molecular weight is 242 g/mol. The van der Waals surface area contributed by atoms with Gasteiger partial charge in [-0.1, -0.05) is 19.8 Å². The molecule has 0 bridgehead atoms. The van der Waals surface area contributed by atoms with Crippen LogP contribution >= 0.6 is 0 Å². The lowest BCUT2D eigenvalue weighted by Gasteiger charge is -2.38. The van der Waals surface area contributed by atoms with Crippen LogP contribution in [-0.2, 0) is 0 Å². The van der Waals surface area contributed by atoms with Crippen LogP contribution in [0.4, 0.5) is 4.39 Å². The van der Waals surface area contributed by atoms with Crippen molar-refractivity contribution in [2.45, 2.75) is 51.1 Å². The fraction of sp³-hybridized carbons (Fsp3) is 1.00. The molecule has 0 spiro atoms. The molecule has 3 heteroatoms. The van der Waals surface area contributed by atoms with Gasteiger partial charge in [-0.25, -0.2) is 4.39 Å². The van der Waals surface area contributed by atoms with Gasteiger partial charge in [0.1, 0.15) is 5.67 Å². The summed E-state index contributed by atoms with van der Waals surface area (Å²) in [5.74, 6) is 0.903. The van der Waals surface area contributed by atoms with Crippen LogP contribution in [0.3, 0.4) is 0 Å². The molecular weight excluding hydrogens is 215 g/mol. The van der Waals surface area contributed by atoms with Crippen LogP contribution in [0, 0.1) is 5.92 Å². The maximum atomic E-state index is 14.5. The minimum absolute atomic E-state index is 0.674. The number of piperidine rings is 2. The standard InChI is InChI=1S/C14H27FN2/c1-2-3-13-4-10-17(11-5-13)12-14(15)6-8-16-9-7-14/h13,16H,2-12H2,1H3. The SMILES string of the molecule is CCCC1CCN(CC2(F)CCNCC2)CC1. The van der Waals surface area contributed by atoms with E-state index in [0.29, 0.717) is 19.4 Å². The summed E-state index contributed by atoms with van der Waals surface area (Å²) in [6, 6.07) is 0. The first-order valence-corrected chi connectivity index (χ1v) is 7.34. The number of likely N-dealkylation sites (tertiary alicyclic amines) is 1. The van der Waals surface area contributed by atoms with E-state index in [4.69, 9.17) is 0 Å². The number of hydrogen-bond acceptors (Lipinski definition) is 2. The van der Waals surface area contributed by atoms with Gasteiger partial charge >= 0.3 is 0 Å². The second-order valence-electron chi connectivity index (χ2n) is 5.91. The lowest BCUT2D eigenvalue weighted by atomic mass is 9.89. The Balaban J connectivity index is 1.73. The number of halogens is 1. The third-order valence-electron chi connectivity index (χ3n) is 4.41. The number of nitrogens with one attached hydrogen (secondary N) is 1. The zero-order valence-corrected chi connectivity index (χ0v) is 11.2. The molecule has 0 atom stereocenters. The Morgan fingerprint density at radius 1 is 1.24 bits per heavy atom. The van der Waals surface area contributed by atoms with Crippen LogP contribution in [0.1, 0.15) is 45.4 Å². The molecule has 0 aromatic rings. The molecular formula is C14H27FN2. The molecule has 17 heavy (non-hydrogen) atoms. The van der Waals surface area contributed by atoms with Crippen molar-refractivity contribution in [2.24, 2.45) is 5.92 Å². The molecule has 2 fully saturated rings. The highest BCUT2D eigenvalue weighted by Gasteiger charge is 2.34. The maximum Gasteiger partial charge on any atom is 0.126 e. The molecule has 2 saturated heterocycles. The summed E-state index contributed by atoms with van der Waals surface area (Å²) in [7, 11) is 0. The van der Waals surface area contributed by atoms with Gasteiger partial charge in [-0.2, -0.15) is 0 Å². The summed E-state index contributed by atoms with van der Waals surface area (Å²) < 4.78 is 14.5. The summed E-state index contributed by atoms with van der Waals surface area (Å²) in [5.41, 5.74) is -0.914. The fourth-order valence-corrected chi connectivity index (χ4v) is 3.28. The van der Waals surface area contributed by atoms with Crippen LogP contribution < -0.4 is 5.32 Å². The number of alkyl halides is 1. The van der Waals surface area contributed by atoms with Crippen molar-refractivity contribution in [2.75, 3.05) is 32.7 Å².